The van der Waals surface area contributed by atoms with Gasteiger partial charge in [-0.25, -0.2) is 0 Å². The van der Waals surface area contributed by atoms with Gasteiger partial charge in [0.25, 0.3) is 16.8 Å². The van der Waals surface area contributed by atoms with Gasteiger partial charge in [0.1, 0.15) is 19.0 Å². The summed E-state index contributed by atoms with van der Waals surface area (Å²) in [5.74, 6) is 0.669. The summed E-state index contributed by atoms with van der Waals surface area (Å²) in [5.41, 5.74) is 1.05. The number of hydrogen-bond donors (Lipinski definition) is 0. The number of nitrogens with zero attached hydrogens (tertiary/aromatic N) is 2. The van der Waals surface area contributed by atoms with E-state index in [2.05, 4.69) is 0 Å². The fourth-order valence-corrected chi connectivity index (χ4v) is 4.77. The van der Waals surface area contributed by atoms with E-state index in [0.717, 1.165) is 16.7 Å². The second kappa shape index (κ2) is 12.2. The molecule has 0 aliphatic carbocycles. The SMILES string of the molecule is COc1cc(/C=C2\SC(=O)N(CCOc3ccc(Cl)cc3)C2=O)cc(Cl)c1OCc1cccc([N+](=O)[O-])c1. The third-order valence-corrected chi connectivity index (χ3v) is 6.77. The van der Waals surface area contributed by atoms with Crippen LogP contribution in [0.25, 0.3) is 6.08 Å². The van der Waals surface area contributed by atoms with Gasteiger partial charge in [0.15, 0.2) is 11.5 Å². The molecule has 1 saturated heterocycles. The molecule has 0 aromatic heterocycles. The van der Waals surface area contributed by atoms with Crippen LogP contribution in [0.5, 0.6) is 17.2 Å². The summed E-state index contributed by atoms with van der Waals surface area (Å²) >= 11 is 13.1. The minimum absolute atomic E-state index is 0.0219. The molecule has 0 atom stereocenters. The molecule has 3 aromatic carbocycles. The molecule has 12 heteroatoms. The molecule has 0 saturated carbocycles. The number of ether oxygens (including phenoxy) is 3. The lowest BCUT2D eigenvalue weighted by molar-refractivity contribution is -0.384. The average molecular weight is 575 g/mol. The number of halogens is 2. The first-order valence-corrected chi connectivity index (χ1v) is 12.7. The Morgan fingerprint density at radius 2 is 1.82 bits per heavy atom. The summed E-state index contributed by atoms with van der Waals surface area (Å²) in [4.78, 5) is 37.2. The number of carbonyl (C=O) groups is 2. The first-order valence-electron chi connectivity index (χ1n) is 11.1. The first-order chi connectivity index (χ1) is 18.2. The largest absolute Gasteiger partial charge is 0.493 e. The third kappa shape index (κ3) is 6.58. The van der Waals surface area contributed by atoms with E-state index in [0.29, 0.717) is 27.6 Å². The van der Waals surface area contributed by atoms with Gasteiger partial charge in [-0.05, 0) is 65.4 Å². The zero-order valence-electron chi connectivity index (χ0n) is 19.9. The molecule has 196 valence electrons. The number of thioether (sulfide) groups is 1. The van der Waals surface area contributed by atoms with Crippen molar-refractivity contribution in [3.05, 3.63) is 96.9 Å². The van der Waals surface area contributed by atoms with Gasteiger partial charge < -0.3 is 14.2 Å². The number of nitro benzene ring substituents is 1. The summed E-state index contributed by atoms with van der Waals surface area (Å²) < 4.78 is 16.8. The van der Waals surface area contributed by atoms with E-state index < -0.39 is 16.1 Å². The van der Waals surface area contributed by atoms with Gasteiger partial charge in [-0.3, -0.25) is 24.6 Å². The molecule has 0 N–H and O–H groups in total. The number of amides is 2. The Balaban J connectivity index is 1.44. The van der Waals surface area contributed by atoms with Crippen molar-refractivity contribution in [1.29, 1.82) is 0 Å². The molecule has 0 spiro atoms. The highest BCUT2D eigenvalue weighted by Crippen LogP contribution is 2.39. The molecule has 3 aromatic rings. The number of hydrogen-bond acceptors (Lipinski definition) is 8. The molecule has 2 amide bonds. The van der Waals surface area contributed by atoms with Gasteiger partial charge in [-0.15, -0.1) is 0 Å². The number of non-ortho nitro benzene ring substituents is 1. The van der Waals surface area contributed by atoms with Crippen LogP contribution in [0.1, 0.15) is 11.1 Å². The molecule has 0 bridgehead atoms. The van der Waals surface area contributed by atoms with Crippen LogP contribution in [-0.2, 0) is 11.4 Å². The maximum absolute atomic E-state index is 12.9. The van der Waals surface area contributed by atoms with Crippen LogP contribution in [0.15, 0.2) is 65.6 Å². The smallest absolute Gasteiger partial charge is 0.293 e. The van der Waals surface area contributed by atoms with Crippen molar-refractivity contribution < 1.29 is 28.7 Å². The molecule has 4 rings (SSSR count). The maximum atomic E-state index is 12.9. The van der Waals surface area contributed by atoms with Gasteiger partial charge in [-0.2, -0.15) is 0 Å². The normalized spacial score (nSPS) is 14.2. The standard InChI is InChI=1S/C26H20Cl2N2O7S/c1-35-22-13-17(12-21(28)24(22)37-15-16-3-2-4-19(11-16)30(33)34)14-23-25(31)29(26(32)38-23)9-10-36-20-7-5-18(27)6-8-20/h2-8,11-14H,9-10,15H2,1H3/b23-14-. The predicted molar refractivity (Wildman–Crippen MR) is 145 cm³/mol. The van der Waals surface area contributed by atoms with E-state index in [1.54, 1.807) is 54.6 Å². The number of rotatable bonds is 10. The lowest BCUT2D eigenvalue weighted by Crippen LogP contribution is -2.32. The molecular weight excluding hydrogens is 555 g/mol. The van der Waals surface area contributed by atoms with Gasteiger partial charge in [0.05, 0.1) is 28.5 Å². The summed E-state index contributed by atoms with van der Waals surface area (Å²) in [6.45, 7) is 0.233. The van der Waals surface area contributed by atoms with Crippen molar-refractivity contribution in [2.45, 2.75) is 6.61 Å². The minimum atomic E-state index is -0.486. The van der Waals surface area contributed by atoms with Crippen LogP contribution in [0.3, 0.4) is 0 Å². The minimum Gasteiger partial charge on any atom is -0.493 e. The fraction of sp³-hybridized carbons (Fsp3) is 0.154. The molecule has 0 radical (unpaired) electrons. The highest BCUT2D eigenvalue weighted by atomic mass is 35.5. The second-order valence-corrected chi connectivity index (χ2v) is 9.72. The van der Waals surface area contributed by atoms with Crippen molar-refractivity contribution in [3.63, 3.8) is 0 Å². The van der Waals surface area contributed by atoms with Gasteiger partial charge in [0, 0.05) is 17.2 Å². The van der Waals surface area contributed by atoms with E-state index >= 15 is 0 Å². The number of methoxy groups -OCH3 is 1. The van der Waals surface area contributed by atoms with Crippen LogP contribution in [0.2, 0.25) is 10.0 Å². The van der Waals surface area contributed by atoms with E-state index in [1.165, 1.54) is 19.2 Å². The molecular formula is C26H20Cl2N2O7S. The average Bonchev–Trinajstić information content (AvgIpc) is 3.16. The first kappa shape index (κ1) is 27.3. The van der Waals surface area contributed by atoms with Crippen molar-refractivity contribution in [2.75, 3.05) is 20.3 Å². The zero-order valence-corrected chi connectivity index (χ0v) is 22.2. The number of nitro groups is 1. The summed E-state index contributed by atoms with van der Waals surface area (Å²) in [7, 11) is 1.43. The van der Waals surface area contributed by atoms with Gasteiger partial charge in [-0.1, -0.05) is 35.3 Å². The quantitative estimate of drug-likeness (QED) is 0.151. The number of benzene rings is 3. The number of carbonyl (C=O) groups excluding carboxylic acids is 2. The third-order valence-electron chi connectivity index (χ3n) is 5.32. The lowest BCUT2D eigenvalue weighted by Gasteiger charge is -2.14. The molecule has 1 fully saturated rings. The Hall–Kier alpha value is -3.73. The highest BCUT2D eigenvalue weighted by molar-refractivity contribution is 8.18. The fourth-order valence-electron chi connectivity index (χ4n) is 3.51. The van der Waals surface area contributed by atoms with E-state index in [-0.39, 0.29) is 41.1 Å². The molecule has 0 unspecified atom stereocenters. The van der Waals surface area contributed by atoms with E-state index in [9.17, 15) is 19.7 Å². The Morgan fingerprint density at radius 3 is 2.53 bits per heavy atom. The zero-order chi connectivity index (χ0) is 27.2. The molecule has 1 aliphatic heterocycles. The Bertz CT molecular complexity index is 1410. The Labute approximate surface area is 232 Å². The highest BCUT2D eigenvalue weighted by Gasteiger charge is 2.35. The van der Waals surface area contributed by atoms with Crippen LogP contribution >= 0.6 is 35.0 Å². The summed E-state index contributed by atoms with van der Waals surface area (Å²) in [6, 6.07) is 16.0. The van der Waals surface area contributed by atoms with Crippen LogP contribution in [-0.4, -0.2) is 41.2 Å². The summed E-state index contributed by atoms with van der Waals surface area (Å²) in [5, 5.41) is 11.4. The van der Waals surface area contributed by atoms with Crippen molar-refractivity contribution in [3.8, 4) is 17.2 Å². The Morgan fingerprint density at radius 1 is 1.05 bits per heavy atom. The maximum Gasteiger partial charge on any atom is 0.293 e. The molecule has 1 aliphatic rings. The van der Waals surface area contributed by atoms with Gasteiger partial charge in [0.2, 0.25) is 0 Å². The van der Waals surface area contributed by atoms with E-state index in [4.69, 9.17) is 37.4 Å². The van der Waals surface area contributed by atoms with Gasteiger partial charge >= 0.3 is 0 Å². The number of imide groups is 1. The van der Waals surface area contributed by atoms with Crippen molar-refractivity contribution in [1.82, 2.24) is 4.90 Å². The van der Waals surface area contributed by atoms with E-state index in [1.807, 2.05) is 0 Å². The molecule has 1 heterocycles. The predicted octanol–water partition coefficient (Wildman–Crippen LogP) is 6.60. The van der Waals surface area contributed by atoms with Crippen LogP contribution in [0, 0.1) is 10.1 Å². The van der Waals surface area contributed by atoms with Crippen molar-refractivity contribution in [2.24, 2.45) is 0 Å². The molecule has 38 heavy (non-hydrogen) atoms. The van der Waals surface area contributed by atoms with Crippen LogP contribution < -0.4 is 14.2 Å². The molecule has 9 nitrogen and oxygen atoms in total. The second-order valence-electron chi connectivity index (χ2n) is 7.89. The topological polar surface area (TPSA) is 108 Å². The van der Waals surface area contributed by atoms with Crippen LogP contribution in [0.4, 0.5) is 10.5 Å². The summed E-state index contributed by atoms with van der Waals surface area (Å²) in [6.07, 6.45) is 1.55. The van der Waals surface area contributed by atoms with Crippen molar-refractivity contribution >= 4 is 57.9 Å². The lowest BCUT2D eigenvalue weighted by atomic mass is 10.1. The Kier molecular flexibility index (Phi) is 8.77. The monoisotopic (exact) mass is 574 g/mol.